The number of hydrogen-bond acceptors (Lipinski definition) is 3. The Bertz CT molecular complexity index is 806. The van der Waals surface area contributed by atoms with Gasteiger partial charge in [-0.15, -0.1) is 0 Å². The molecule has 0 spiro atoms. The lowest BCUT2D eigenvalue weighted by Gasteiger charge is -2.02. The maximum absolute atomic E-state index is 13.3. The van der Waals surface area contributed by atoms with Crippen LogP contribution in [0.4, 0.5) is 4.39 Å². The van der Waals surface area contributed by atoms with Gasteiger partial charge in [-0.1, -0.05) is 0 Å². The Balaban J connectivity index is 1.79. The summed E-state index contributed by atoms with van der Waals surface area (Å²) < 4.78 is 18.3. The van der Waals surface area contributed by atoms with Crippen LogP contribution in [0.15, 0.2) is 47.2 Å². The second-order valence-corrected chi connectivity index (χ2v) is 4.48. The second-order valence-electron chi connectivity index (χ2n) is 4.48. The zero-order chi connectivity index (χ0) is 14.8. The van der Waals surface area contributed by atoms with Crippen molar-refractivity contribution in [1.82, 2.24) is 10.3 Å². The van der Waals surface area contributed by atoms with Gasteiger partial charge in [-0.2, -0.15) is 0 Å². The van der Waals surface area contributed by atoms with Gasteiger partial charge in [0.1, 0.15) is 11.6 Å². The largest absolute Gasteiger partial charge is 0.467 e. The highest BCUT2D eigenvalue weighted by molar-refractivity contribution is 6.44. The van der Waals surface area contributed by atoms with Crippen LogP contribution in [-0.4, -0.2) is 16.7 Å². The molecule has 0 fully saturated rings. The van der Waals surface area contributed by atoms with Gasteiger partial charge in [0.25, 0.3) is 11.7 Å². The molecule has 1 amide bonds. The first kappa shape index (κ1) is 13.1. The molecule has 21 heavy (non-hydrogen) atoms. The molecule has 1 aromatic carbocycles. The third kappa shape index (κ3) is 2.55. The van der Waals surface area contributed by atoms with Crippen molar-refractivity contribution < 1.29 is 18.4 Å². The van der Waals surface area contributed by atoms with E-state index >= 15 is 0 Å². The topological polar surface area (TPSA) is 75.1 Å². The van der Waals surface area contributed by atoms with Gasteiger partial charge >= 0.3 is 0 Å². The Labute approximate surface area is 118 Å². The number of H-pyrrole nitrogens is 1. The van der Waals surface area contributed by atoms with Crippen LogP contribution in [0.5, 0.6) is 0 Å². The molecule has 106 valence electrons. The second kappa shape index (κ2) is 5.24. The van der Waals surface area contributed by atoms with Crippen molar-refractivity contribution in [3.8, 4) is 0 Å². The monoisotopic (exact) mass is 286 g/mol. The fourth-order valence-corrected chi connectivity index (χ4v) is 2.06. The fourth-order valence-electron chi connectivity index (χ4n) is 2.06. The molecule has 3 rings (SSSR count). The van der Waals surface area contributed by atoms with Gasteiger partial charge in [-0.05, 0) is 30.3 Å². The third-order valence-corrected chi connectivity index (χ3v) is 3.10. The van der Waals surface area contributed by atoms with Crippen molar-refractivity contribution in [2.45, 2.75) is 6.54 Å². The Morgan fingerprint density at radius 3 is 2.90 bits per heavy atom. The average molecular weight is 286 g/mol. The summed E-state index contributed by atoms with van der Waals surface area (Å²) in [6, 6.07) is 7.39. The zero-order valence-electron chi connectivity index (χ0n) is 10.9. The number of rotatable bonds is 4. The molecule has 2 aromatic heterocycles. The standard InChI is InChI=1S/C15H11FN2O3/c16-9-3-4-13-11(6-9)12(8-17-13)14(19)15(20)18-7-10-2-1-5-21-10/h1-6,8,17H,7H2,(H,18,20). The molecular formula is C15H11FN2O3. The van der Waals surface area contributed by atoms with Gasteiger partial charge in [-0.3, -0.25) is 9.59 Å². The Morgan fingerprint density at radius 2 is 2.14 bits per heavy atom. The Morgan fingerprint density at radius 1 is 1.29 bits per heavy atom. The summed E-state index contributed by atoms with van der Waals surface area (Å²) in [4.78, 5) is 26.8. The number of benzene rings is 1. The maximum atomic E-state index is 13.3. The molecule has 0 aliphatic rings. The quantitative estimate of drug-likeness (QED) is 0.571. The smallest absolute Gasteiger partial charge is 0.292 e. The van der Waals surface area contributed by atoms with Gasteiger partial charge in [0.05, 0.1) is 18.4 Å². The molecule has 2 N–H and O–H groups in total. The van der Waals surface area contributed by atoms with E-state index in [9.17, 15) is 14.0 Å². The minimum atomic E-state index is -0.767. The maximum Gasteiger partial charge on any atom is 0.292 e. The van der Waals surface area contributed by atoms with E-state index in [4.69, 9.17) is 4.42 Å². The van der Waals surface area contributed by atoms with Crippen LogP contribution >= 0.6 is 0 Å². The highest BCUT2D eigenvalue weighted by Crippen LogP contribution is 2.19. The van der Waals surface area contributed by atoms with E-state index in [1.807, 2.05) is 0 Å². The summed E-state index contributed by atoms with van der Waals surface area (Å²) in [5, 5.41) is 2.85. The third-order valence-electron chi connectivity index (χ3n) is 3.10. The van der Waals surface area contributed by atoms with Crippen LogP contribution in [0.25, 0.3) is 10.9 Å². The highest BCUT2D eigenvalue weighted by atomic mass is 19.1. The molecular weight excluding hydrogens is 275 g/mol. The van der Waals surface area contributed by atoms with Gasteiger partial charge in [0.2, 0.25) is 0 Å². The van der Waals surface area contributed by atoms with Crippen LogP contribution in [0.2, 0.25) is 0 Å². The van der Waals surface area contributed by atoms with Crippen LogP contribution in [0.1, 0.15) is 16.1 Å². The molecule has 0 atom stereocenters. The van der Waals surface area contributed by atoms with Crippen molar-refractivity contribution in [1.29, 1.82) is 0 Å². The number of amides is 1. The van der Waals surface area contributed by atoms with Crippen molar-refractivity contribution >= 4 is 22.6 Å². The number of hydrogen-bond donors (Lipinski definition) is 2. The number of nitrogens with one attached hydrogen (secondary N) is 2. The molecule has 0 saturated carbocycles. The molecule has 5 nitrogen and oxygen atoms in total. The number of halogens is 1. The number of ketones is 1. The average Bonchev–Trinajstić information content (AvgIpc) is 3.12. The number of aromatic amines is 1. The van der Waals surface area contributed by atoms with Gasteiger partial charge in [0, 0.05) is 17.1 Å². The molecule has 0 radical (unpaired) electrons. The number of Topliss-reactive ketones (excluding diaryl/α,β-unsaturated/α-hetero) is 1. The highest BCUT2D eigenvalue weighted by Gasteiger charge is 2.20. The van der Waals surface area contributed by atoms with Crippen molar-refractivity contribution in [2.75, 3.05) is 0 Å². The number of aromatic nitrogens is 1. The number of carbonyl (C=O) groups is 2. The van der Waals surface area contributed by atoms with E-state index in [0.29, 0.717) is 16.7 Å². The van der Waals surface area contributed by atoms with E-state index < -0.39 is 17.5 Å². The predicted octanol–water partition coefficient (Wildman–Crippen LogP) is 2.40. The molecule has 6 heteroatoms. The van der Waals surface area contributed by atoms with Crippen LogP contribution in [-0.2, 0) is 11.3 Å². The Hall–Kier alpha value is -2.89. The Kier molecular flexibility index (Phi) is 3.27. The minimum absolute atomic E-state index is 0.119. The number of fused-ring (bicyclic) bond motifs is 1. The summed E-state index contributed by atoms with van der Waals surface area (Å²) in [6.45, 7) is 0.119. The molecule has 0 unspecified atom stereocenters. The lowest BCUT2D eigenvalue weighted by atomic mass is 10.1. The molecule has 0 aliphatic carbocycles. The van der Waals surface area contributed by atoms with Crippen molar-refractivity contribution in [3.05, 3.63) is 59.9 Å². The molecule has 3 aromatic rings. The summed E-state index contributed by atoms with van der Waals surface area (Å²) in [5.41, 5.74) is 0.736. The van der Waals surface area contributed by atoms with Gasteiger partial charge in [0.15, 0.2) is 0 Å². The summed E-state index contributed by atoms with van der Waals surface area (Å²) in [7, 11) is 0. The van der Waals surface area contributed by atoms with E-state index in [1.165, 1.54) is 30.7 Å². The lowest BCUT2D eigenvalue weighted by molar-refractivity contribution is -0.117. The summed E-state index contributed by atoms with van der Waals surface area (Å²) in [5.74, 6) is -1.41. The molecule has 2 heterocycles. The molecule has 0 bridgehead atoms. The van der Waals surface area contributed by atoms with E-state index in [1.54, 1.807) is 12.1 Å². The van der Waals surface area contributed by atoms with E-state index in [0.717, 1.165) is 0 Å². The normalized spacial score (nSPS) is 10.7. The van der Waals surface area contributed by atoms with Crippen LogP contribution in [0.3, 0.4) is 0 Å². The minimum Gasteiger partial charge on any atom is -0.467 e. The van der Waals surface area contributed by atoms with Crippen LogP contribution < -0.4 is 5.32 Å². The van der Waals surface area contributed by atoms with Gasteiger partial charge < -0.3 is 14.7 Å². The predicted molar refractivity (Wildman–Crippen MR) is 73.1 cm³/mol. The van der Waals surface area contributed by atoms with Gasteiger partial charge in [-0.25, -0.2) is 4.39 Å². The summed E-state index contributed by atoms with van der Waals surface area (Å²) >= 11 is 0. The van der Waals surface area contributed by atoms with Crippen molar-refractivity contribution in [3.63, 3.8) is 0 Å². The van der Waals surface area contributed by atoms with E-state index in [-0.39, 0.29) is 12.1 Å². The fraction of sp³-hybridized carbons (Fsp3) is 0.0667. The first-order valence-electron chi connectivity index (χ1n) is 6.26. The molecule has 0 saturated heterocycles. The number of carbonyl (C=O) groups excluding carboxylic acids is 2. The zero-order valence-corrected chi connectivity index (χ0v) is 10.9. The first-order chi connectivity index (χ1) is 10.1. The first-order valence-corrected chi connectivity index (χ1v) is 6.26. The SMILES string of the molecule is O=C(NCc1ccco1)C(=O)c1c[nH]c2ccc(F)cc12. The molecule has 0 aliphatic heterocycles. The van der Waals surface area contributed by atoms with E-state index in [2.05, 4.69) is 10.3 Å². The summed E-state index contributed by atoms with van der Waals surface area (Å²) in [6.07, 6.45) is 2.88. The van der Waals surface area contributed by atoms with Crippen LogP contribution in [0, 0.1) is 5.82 Å². The lowest BCUT2D eigenvalue weighted by Crippen LogP contribution is -2.30. The number of furan rings is 1. The van der Waals surface area contributed by atoms with Crippen molar-refractivity contribution in [2.24, 2.45) is 0 Å².